The number of urea groups is 1. The molecule has 1 aromatic rings. The molecular formula is C14H21N3O3. The van der Waals surface area contributed by atoms with Gasteiger partial charge in [0, 0.05) is 13.2 Å². The highest BCUT2D eigenvalue weighted by atomic mass is 16.5. The van der Waals surface area contributed by atoms with Gasteiger partial charge >= 0.3 is 6.03 Å². The van der Waals surface area contributed by atoms with Crippen molar-refractivity contribution in [3.63, 3.8) is 0 Å². The fourth-order valence-corrected chi connectivity index (χ4v) is 1.77. The quantitative estimate of drug-likeness (QED) is 0.617. The summed E-state index contributed by atoms with van der Waals surface area (Å²) in [5.74, 6) is -0.458. The Labute approximate surface area is 118 Å². The molecule has 0 aromatic heterocycles. The number of hydrogen-bond donors (Lipinski definition) is 3. The average molecular weight is 279 g/mol. The monoisotopic (exact) mass is 279 g/mol. The first-order valence-corrected chi connectivity index (χ1v) is 6.61. The zero-order valence-electron chi connectivity index (χ0n) is 11.6. The van der Waals surface area contributed by atoms with Gasteiger partial charge in [0.25, 0.3) is 0 Å². The second-order valence-electron chi connectivity index (χ2n) is 4.20. The van der Waals surface area contributed by atoms with Gasteiger partial charge in [-0.3, -0.25) is 10.1 Å². The summed E-state index contributed by atoms with van der Waals surface area (Å²) in [6.07, 6.45) is 0.779. The molecule has 6 nitrogen and oxygen atoms in total. The van der Waals surface area contributed by atoms with E-state index < -0.39 is 18.0 Å². The highest BCUT2D eigenvalue weighted by Gasteiger charge is 2.20. The molecule has 0 heterocycles. The summed E-state index contributed by atoms with van der Waals surface area (Å²) in [7, 11) is 0. The number of hydrogen-bond acceptors (Lipinski definition) is 4. The van der Waals surface area contributed by atoms with Crippen LogP contribution in [0.2, 0.25) is 0 Å². The normalized spacial score (nSPS) is 11.8. The van der Waals surface area contributed by atoms with Crippen molar-refractivity contribution in [2.75, 3.05) is 19.8 Å². The fourth-order valence-electron chi connectivity index (χ4n) is 1.77. The molecule has 0 fully saturated rings. The molecule has 0 aliphatic heterocycles. The second-order valence-corrected chi connectivity index (χ2v) is 4.20. The van der Waals surface area contributed by atoms with Gasteiger partial charge in [-0.25, -0.2) is 4.79 Å². The minimum Gasteiger partial charge on any atom is -0.382 e. The van der Waals surface area contributed by atoms with Gasteiger partial charge in [0.15, 0.2) is 0 Å². The molecular weight excluding hydrogens is 258 g/mol. The first-order chi connectivity index (χ1) is 9.65. The maximum atomic E-state index is 12.0. The largest absolute Gasteiger partial charge is 0.382 e. The maximum absolute atomic E-state index is 12.0. The summed E-state index contributed by atoms with van der Waals surface area (Å²) >= 11 is 0. The first-order valence-electron chi connectivity index (χ1n) is 6.61. The van der Waals surface area contributed by atoms with Crippen molar-refractivity contribution in [2.45, 2.75) is 19.4 Å². The lowest BCUT2D eigenvalue weighted by Crippen LogP contribution is -2.43. The molecule has 0 aliphatic carbocycles. The Kier molecular flexibility index (Phi) is 7.31. The van der Waals surface area contributed by atoms with Crippen LogP contribution in [0.15, 0.2) is 30.3 Å². The van der Waals surface area contributed by atoms with Gasteiger partial charge in [-0.1, -0.05) is 30.3 Å². The first kappa shape index (κ1) is 16.1. The van der Waals surface area contributed by atoms with Crippen LogP contribution in [0, 0.1) is 0 Å². The van der Waals surface area contributed by atoms with Crippen LogP contribution in [0.5, 0.6) is 0 Å². The highest BCUT2D eigenvalue weighted by molar-refractivity contribution is 5.96. The van der Waals surface area contributed by atoms with Crippen LogP contribution < -0.4 is 16.4 Å². The zero-order valence-corrected chi connectivity index (χ0v) is 11.6. The molecule has 0 saturated carbocycles. The minimum absolute atomic E-state index is 0.458. The van der Waals surface area contributed by atoms with Crippen molar-refractivity contribution in [1.82, 2.24) is 10.6 Å². The Balaban J connectivity index is 2.60. The van der Waals surface area contributed by atoms with Gasteiger partial charge in [0.2, 0.25) is 5.91 Å². The molecule has 0 saturated heterocycles. The van der Waals surface area contributed by atoms with E-state index in [1.54, 1.807) is 0 Å². The van der Waals surface area contributed by atoms with E-state index in [4.69, 9.17) is 10.5 Å². The van der Waals surface area contributed by atoms with E-state index in [-0.39, 0.29) is 0 Å². The summed E-state index contributed by atoms with van der Waals surface area (Å²) in [4.78, 5) is 22.8. The van der Waals surface area contributed by atoms with Crippen molar-refractivity contribution in [2.24, 2.45) is 5.73 Å². The number of carbonyl (C=O) groups is 2. The summed E-state index contributed by atoms with van der Waals surface area (Å²) in [5, 5.41) is 5.20. The van der Waals surface area contributed by atoms with E-state index in [1.165, 1.54) is 0 Å². The lowest BCUT2D eigenvalue weighted by atomic mass is 10.1. The molecule has 0 unspecified atom stereocenters. The Hall–Kier alpha value is -1.92. The average Bonchev–Trinajstić information content (AvgIpc) is 2.43. The van der Waals surface area contributed by atoms with Gasteiger partial charge in [-0.05, 0) is 25.5 Å². The van der Waals surface area contributed by atoms with Gasteiger partial charge in [-0.2, -0.15) is 0 Å². The number of amides is 3. The zero-order chi connectivity index (χ0) is 14.8. The fraction of sp³-hybridized carbons (Fsp3) is 0.429. The Morgan fingerprint density at radius 3 is 2.60 bits per heavy atom. The van der Waals surface area contributed by atoms with Crippen molar-refractivity contribution in [3.8, 4) is 0 Å². The molecule has 4 N–H and O–H groups in total. The molecule has 6 heteroatoms. The van der Waals surface area contributed by atoms with Crippen LogP contribution in [0.4, 0.5) is 4.79 Å². The van der Waals surface area contributed by atoms with Gasteiger partial charge < -0.3 is 15.8 Å². The molecule has 110 valence electrons. The van der Waals surface area contributed by atoms with Crippen LogP contribution in [0.1, 0.15) is 24.9 Å². The predicted molar refractivity (Wildman–Crippen MR) is 76.0 cm³/mol. The molecule has 0 spiro atoms. The molecule has 0 radical (unpaired) electrons. The lowest BCUT2D eigenvalue weighted by Gasteiger charge is -2.17. The van der Waals surface area contributed by atoms with Crippen LogP contribution in [0.3, 0.4) is 0 Å². The minimum atomic E-state index is -0.855. The number of nitrogens with two attached hydrogens (primary N) is 1. The number of carbonyl (C=O) groups excluding carboxylic acids is 2. The molecule has 1 atom stereocenters. The second kappa shape index (κ2) is 9.06. The molecule has 1 aromatic carbocycles. The number of benzene rings is 1. The summed E-state index contributed by atoms with van der Waals surface area (Å²) < 4.78 is 5.23. The number of nitrogens with one attached hydrogen (secondary N) is 2. The van der Waals surface area contributed by atoms with E-state index in [2.05, 4.69) is 10.6 Å². The topological polar surface area (TPSA) is 93.4 Å². The molecule has 1 rings (SSSR count). The van der Waals surface area contributed by atoms with Crippen molar-refractivity contribution in [3.05, 3.63) is 35.9 Å². The van der Waals surface area contributed by atoms with Crippen LogP contribution in [-0.2, 0) is 9.53 Å². The van der Waals surface area contributed by atoms with E-state index in [0.29, 0.717) is 19.8 Å². The van der Waals surface area contributed by atoms with Crippen LogP contribution >= 0.6 is 0 Å². The third-order valence-corrected chi connectivity index (χ3v) is 2.66. The Morgan fingerprint density at radius 1 is 1.30 bits per heavy atom. The SMILES string of the molecule is CCOCCCN[C@@H](C(=O)NC(N)=O)c1ccccc1. The number of ether oxygens (including phenoxy) is 1. The van der Waals surface area contributed by atoms with Crippen LogP contribution in [0.25, 0.3) is 0 Å². The van der Waals surface area contributed by atoms with E-state index in [1.807, 2.05) is 37.3 Å². The van der Waals surface area contributed by atoms with Gasteiger partial charge in [0.05, 0.1) is 0 Å². The standard InChI is InChI=1S/C14H21N3O3/c1-2-20-10-6-9-16-12(13(18)17-14(15)19)11-7-4-3-5-8-11/h3-5,7-8,12,16H,2,6,9-10H2,1H3,(H3,15,17,18,19)/t12-/m1/s1. The maximum Gasteiger partial charge on any atom is 0.318 e. The predicted octanol–water partition coefficient (Wildman–Crippen LogP) is 0.939. The van der Waals surface area contributed by atoms with E-state index in [9.17, 15) is 9.59 Å². The van der Waals surface area contributed by atoms with Crippen LogP contribution in [-0.4, -0.2) is 31.7 Å². The van der Waals surface area contributed by atoms with E-state index >= 15 is 0 Å². The van der Waals surface area contributed by atoms with Crippen molar-refractivity contribution >= 4 is 11.9 Å². The third kappa shape index (κ3) is 5.81. The van der Waals surface area contributed by atoms with Crippen molar-refractivity contribution < 1.29 is 14.3 Å². The number of rotatable bonds is 8. The number of imide groups is 1. The third-order valence-electron chi connectivity index (χ3n) is 2.66. The smallest absolute Gasteiger partial charge is 0.318 e. The molecule has 0 aliphatic rings. The number of primary amides is 1. The molecule has 0 bridgehead atoms. The van der Waals surface area contributed by atoms with Gasteiger partial charge in [-0.15, -0.1) is 0 Å². The summed E-state index contributed by atoms with van der Waals surface area (Å²) in [6.45, 7) is 3.83. The summed E-state index contributed by atoms with van der Waals surface area (Å²) in [6, 6.07) is 7.71. The summed E-state index contributed by atoms with van der Waals surface area (Å²) in [5.41, 5.74) is 5.77. The highest BCUT2D eigenvalue weighted by Crippen LogP contribution is 2.12. The lowest BCUT2D eigenvalue weighted by molar-refractivity contribution is -0.122. The van der Waals surface area contributed by atoms with Crippen molar-refractivity contribution in [1.29, 1.82) is 0 Å². The Bertz CT molecular complexity index is 423. The van der Waals surface area contributed by atoms with E-state index in [0.717, 1.165) is 12.0 Å². The molecule has 3 amide bonds. The van der Waals surface area contributed by atoms with Gasteiger partial charge in [0.1, 0.15) is 6.04 Å². The Morgan fingerprint density at radius 2 is 2.00 bits per heavy atom. The molecule has 20 heavy (non-hydrogen) atoms.